The van der Waals surface area contributed by atoms with Crippen LogP contribution in [0.4, 0.5) is 0 Å². The zero-order chi connectivity index (χ0) is 14.0. The number of hydrogen-bond donors (Lipinski definition) is 2. The normalized spacial score (nSPS) is 35.2. The molecule has 2 N–H and O–H groups in total. The highest BCUT2D eigenvalue weighted by atomic mass is 32.2. The predicted molar refractivity (Wildman–Crippen MR) is 68.4 cm³/mol. The van der Waals surface area contributed by atoms with Gasteiger partial charge in [0.25, 0.3) is 0 Å². The van der Waals surface area contributed by atoms with Crippen molar-refractivity contribution in [1.82, 2.24) is 10.2 Å². The van der Waals surface area contributed by atoms with E-state index < -0.39 is 28.0 Å². The average Bonchev–Trinajstić information content (AvgIpc) is 2.63. The van der Waals surface area contributed by atoms with Crippen molar-refractivity contribution in [1.29, 1.82) is 0 Å². The molecule has 0 saturated carbocycles. The Labute approximate surface area is 112 Å². The van der Waals surface area contributed by atoms with Crippen molar-refractivity contribution in [3.63, 3.8) is 0 Å². The Balaban J connectivity index is 2.13. The zero-order valence-corrected chi connectivity index (χ0v) is 11.7. The van der Waals surface area contributed by atoms with Crippen LogP contribution in [0, 0.1) is 0 Å². The first-order chi connectivity index (χ1) is 8.94. The maximum Gasteiger partial charge on any atom is 0.324 e. The van der Waals surface area contributed by atoms with Gasteiger partial charge in [-0.3, -0.25) is 9.69 Å². The molecule has 0 aliphatic carbocycles. The van der Waals surface area contributed by atoms with Crippen LogP contribution in [0.2, 0.25) is 0 Å². The number of nitrogens with zero attached hydrogens (tertiary/aromatic N) is 1. The molecule has 2 aliphatic rings. The molecule has 7 nitrogen and oxygen atoms in total. The smallest absolute Gasteiger partial charge is 0.324 e. The van der Waals surface area contributed by atoms with Crippen LogP contribution in [-0.2, 0) is 19.4 Å². The van der Waals surface area contributed by atoms with Crippen molar-refractivity contribution >= 4 is 15.8 Å². The highest BCUT2D eigenvalue weighted by Crippen LogP contribution is 2.22. The Morgan fingerprint density at radius 2 is 2.21 bits per heavy atom. The second-order valence-corrected chi connectivity index (χ2v) is 7.08. The molecule has 0 aromatic heterocycles. The van der Waals surface area contributed by atoms with Crippen LogP contribution >= 0.6 is 0 Å². The van der Waals surface area contributed by atoms with Crippen molar-refractivity contribution in [2.24, 2.45) is 0 Å². The minimum Gasteiger partial charge on any atom is -0.465 e. The van der Waals surface area contributed by atoms with E-state index in [-0.39, 0.29) is 24.1 Å². The summed E-state index contributed by atoms with van der Waals surface area (Å²) >= 11 is 0. The first-order valence-electron chi connectivity index (χ1n) is 6.46. The monoisotopic (exact) mass is 292 g/mol. The standard InChI is InChI=1S/C11H20N2O5S/c1-2-18-11(15)8-5-12-3-4-13(8)9-6-19(16,17)7-10(9)14/h8-10,12,14H,2-7H2,1H3. The largest absolute Gasteiger partial charge is 0.465 e. The van der Waals surface area contributed by atoms with Crippen molar-refractivity contribution < 1.29 is 23.1 Å². The summed E-state index contributed by atoms with van der Waals surface area (Å²) in [6, 6.07) is -1.04. The van der Waals surface area contributed by atoms with E-state index in [1.807, 2.05) is 0 Å². The molecular formula is C11H20N2O5S. The molecule has 0 aromatic carbocycles. The van der Waals surface area contributed by atoms with Crippen LogP contribution in [0.5, 0.6) is 0 Å². The number of carbonyl (C=O) groups excluding carboxylic acids is 1. The Bertz CT molecular complexity index is 438. The fourth-order valence-electron chi connectivity index (χ4n) is 2.70. The van der Waals surface area contributed by atoms with Crippen LogP contribution in [0.25, 0.3) is 0 Å². The van der Waals surface area contributed by atoms with Gasteiger partial charge in [0.05, 0.1) is 30.3 Å². The van der Waals surface area contributed by atoms with Crippen LogP contribution in [0.3, 0.4) is 0 Å². The lowest BCUT2D eigenvalue weighted by molar-refractivity contribution is -0.152. The van der Waals surface area contributed by atoms with E-state index in [9.17, 15) is 18.3 Å². The number of aliphatic hydroxyl groups excluding tert-OH is 1. The first kappa shape index (κ1) is 14.7. The number of hydrogen-bond acceptors (Lipinski definition) is 7. The molecule has 3 unspecified atom stereocenters. The third-order valence-corrected chi connectivity index (χ3v) is 5.26. The van der Waals surface area contributed by atoms with Crippen LogP contribution in [-0.4, -0.2) is 80.3 Å². The maximum absolute atomic E-state index is 11.9. The molecule has 2 saturated heterocycles. The number of carbonyl (C=O) groups is 1. The minimum atomic E-state index is -3.22. The minimum absolute atomic E-state index is 0.0932. The van der Waals surface area contributed by atoms with E-state index >= 15 is 0 Å². The second-order valence-electron chi connectivity index (χ2n) is 4.92. The van der Waals surface area contributed by atoms with E-state index in [4.69, 9.17) is 4.74 Å². The molecule has 2 aliphatic heterocycles. The van der Waals surface area contributed by atoms with Gasteiger partial charge in [0.2, 0.25) is 0 Å². The van der Waals surface area contributed by atoms with Gasteiger partial charge in [0.1, 0.15) is 6.04 Å². The van der Waals surface area contributed by atoms with E-state index in [1.165, 1.54) is 0 Å². The van der Waals surface area contributed by atoms with Crippen molar-refractivity contribution in [2.75, 3.05) is 37.7 Å². The molecule has 2 rings (SSSR count). The van der Waals surface area contributed by atoms with Crippen LogP contribution in [0.1, 0.15) is 6.92 Å². The number of aliphatic hydroxyl groups is 1. The van der Waals surface area contributed by atoms with E-state index in [0.29, 0.717) is 19.6 Å². The molecule has 110 valence electrons. The third-order valence-electron chi connectivity index (χ3n) is 3.56. The summed E-state index contributed by atoms with van der Waals surface area (Å²) in [5.74, 6) is -0.688. The highest BCUT2D eigenvalue weighted by Gasteiger charge is 2.44. The summed E-state index contributed by atoms with van der Waals surface area (Å²) in [6.45, 7) is 3.63. The van der Waals surface area contributed by atoms with Gasteiger partial charge in [-0.25, -0.2) is 8.42 Å². The van der Waals surface area contributed by atoms with Crippen LogP contribution in [0.15, 0.2) is 0 Å². The third kappa shape index (κ3) is 3.25. The zero-order valence-electron chi connectivity index (χ0n) is 10.9. The van der Waals surface area contributed by atoms with Gasteiger partial charge in [-0.1, -0.05) is 0 Å². The topological polar surface area (TPSA) is 95.9 Å². The second kappa shape index (κ2) is 5.74. The summed E-state index contributed by atoms with van der Waals surface area (Å²) in [5, 5.41) is 13.0. The predicted octanol–water partition coefficient (Wildman–Crippen LogP) is -2.02. The van der Waals surface area contributed by atoms with E-state index in [1.54, 1.807) is 11.8 Å². The number of nitrogens with one attached hydrogen (secondary N) is 1. The number of sulfone groups is 1. The molecule has 3 atom stereocenters. The highest BCUT2D eigenvalue weighted by molar-refractivity contribution is 7.91. The molecule has 19 heavy (non-hydrogen) atoms. The summed E-state index contributed by atoms with van der Waals surface area (Å²) in [4.78, 5) is 13.7. The van der Waals surface area contributed by atoms with Gasteiger partial charge in [0, 0.05) is 19.6 Å². The quantitative estimate of drug-likeness (QED) is 0.580. The summed E-state index contributed by atoms with van der Waals surface area (Å²) in [5.41, 5.74) is 0. The average molecular weight is 292 g/mol. The Morgan fingerprint density at radius 1 is 1.47 bits per heavy atom. The molecule has 0 amide bonds. The van der Waals surface area contributed by atoms with Gasteiger partial charge in [-0.15, -0.1) is 0 Å². The summed E-state index contributed by atoms with van der Waals surface area (Å²) in [6.07, 6.45) is -0.931. The van der Waals surface area contributed by atoms with E-state index in [0.717, 1.165) is 0 Å². The van der Waals surface area contributed by atoms with Gasteiger partial charge in [0.15, 0.2) is 9.84 Å². The molecule has 0 bridgehead atoms. The Morgan fingerprint density at radius 3 is 2.79 bits per heavy atom. The number of rotatable bonds is 3. The molecule has 0 aromatic rings. The van der Waals surface area contributed by atoms with Gasteiger partial charge in [-0.05, 0) is 6.92 Å². The molecular weight excluding hydrogens is 272 g/mol. The lowest BCUT2D eigenvalue weighted by Gasteiger charge is -2.39. The van der Waals surface area contributed by atoms with Crippen molar-refractivity contribution in [2.45, 2.75) is 25.1 Å². The van der Waals surface area contributed by atoms with Gasteiger partial charge in [-0.2, -0.15) is 0 Å². The Kier molecular flexibility index (Phi) is 4.44. The lowest BCUT2D eigenvalue weighted by Crippen LogP contribution is -2.61. The molecule has 8 heteroatoms. The SMILES string of the molecule is CCOC(=O)C1CNCCN1C1CS(=O)(=O)CC1O. The molecule has 0 spiro atoms. The van der Waals surface area contributed by atoms with Gasteiger partial charge < -0.3 is 15.2 Å². The van der Waals surface area contributed by atoms with Crippen molar-refractivity contribution in [3.8, 4) is 0 Å². The summed E-state index contributed by atoms with van der Waals surface area (Å²) < 4.78 is 28.2. The van der Waals surface area contributed by atoms with Crippen molar-refractivity contribution in [3.05, 3.63) is 0 Å². The van der Waals surface area contributed by atoms with Gasteiger partial charge >= 0.3 is 5.97 Å². The number of ether oxygens (including phenoxy) is 1. The summed E-state index contributed by atoms with van der Waals surface area (Å²) in [7, 11) is -3.22. The number of esters is 1. The Hall–Kier alpha value is -0.700. The lowest BCUT2D eigenvalue weighted by atomic mass is 10.1. The maximum atomic E-state index is 11.9. The fourth-order valence-corrected chi connectivity index (χ4v) is 4.51. The molecule has 2 heterocycles. The molecule has 2 fully saturated rings. The molecule has 0 radical (unpaired) electrons. The van der Waals surface area contributed by atoms with Crippen LogP contribution < -0.4 is 5.32 Å². The van der Waals surface area contributed by atoms with E-state index in [2.05, 4.69) is 5.32 Å². The fraction of sp³-hybridized carbons (Fsp3) is 0.909. The number of piperazine rings is 1. The first-order valence-corrected chi connectivity index (χ1v) is 8.28.